The topological polar surface area (TPSA) is 36.9 Å². The SMILES string of the molecule is C1CC(C23OCC(CO2)CO3)CCO1. The van der Waals surface area contributed by atoms with E-state index in [9.17, 15) is 0 Å². The third kappa shape index (κ3) is 1.37. The van der Waals surface area contributed by atoms with Crippen molar-refractivity contribution >= 4 is 0 Å². The van der Waals surface area contributed by atoms with E-state index < -0.39 is 5.97 Å². The average Bonchev–Trinajstić information content (AvgIpc) is 2.33. The first-order chi connectivity index (χ1) is 6.89. The van der Waals surface area contributed by atoms with Crippen molar-refractivity contribution in [2.75, 3.05) is 33.0 Å². The van der Waals surface area contributed by atoms with Gasteiger partial charge in [-0.3, -0.25) is 0 Å². The van der Waals surface area contributed by atoms with Crippen molar-refractivity contribution in [1.82, 2.24) is 0 Å². The number of fused-ring (bicyclic) bond motifs is 3. The van der Waals surface area contributed by atoms with Gasteiger partial charge in [-0.05, 0) is 12.8 Å². The maximum atomic E-state index is 5.70. The van der Waals surface area contributed by atoms with Gasteiger partial charge in [-0.2, -0.15) is 0 Å². The lowest BCUT2D eigenvalue weighted by atomic mass is 9.95. The molecule has 14 heavy (non-hydrogen) atoms. The van der Waals surface area contributed by atoms with Crippen LogP contribution < -0.4 is 0 Å². The van der Waals surface area contributed by atoms with E-state index in [4.69, 9.17) is 18.9 Å². The Balaban J connectivity index is 1.73. The highest BCUT2D eigenvalue weighted by Crippen LogP contribution is 2.40. The zero-order valence-electron chi connectivity index (χ0n) is 8.24. The monoisotopic (exact) mass is 200 g/mol. The van der Waals surface area contributed by atoms with Crippen LogP contribution in [0.2, 0.25) is 0 Å². The van der Waals surface area contributed by atoms with Crippen LogP contribution in [0.15, 0.2) is 0 Å². The summed E-state index contributed by atoms with van der Waals surface area (Å²) in [6.07, 6.45) is 1.95. The van der Waals surface area contributed by atoms with Crippen molar-refractivity contribution in [2.45, 2.75) is 18.8 Å². The largest absolute Gasteiger partial charge is 0.381 e. The van der Waals surface area contributed by atoms with Gasteiger partial charge in [0.2, 0.25) is 0 Å². The van der Waals surface area contributed by atoms with Crippen LogP contribution >= 0.6 is 0 Å². The third-order valence-corrected chi connectivity index (χ3v) is 3.28. The van der Waals surface area contributed by atoms with Crippen molar-refractivity contribution < 1.29 is 18.9 Å². The van der Waals surface area contributed by atoms with Crippen molar-refractivity contribution in [3.05, 3.63) is 0 Å². The molecular weight excluding hydrogens is 184 g/mol. The molecule has 0 radical (unpaired) electrons. The van der Waals surface area contributed by atoms with E-state index in [0.717, 1.165) is 45.9 Å². The van der Waals surface area contributed by atoms with Crippen molar-refractivity contribution in [1.29, 1.82) is 0 Å². The summed E-state index contributed by atoms with van der Waals surface area (Å²) in [7, 11) is 0. The van der Waals surface area contributed by atoms with Crippen molar-refractivity contribution in [3.63, 3.8) is 0 Å². The lowest BCUT2D eigenvalue weighted by Gasteiger charge is -2.49. The summed E-state index contributed by atoms with van der Waals surface area (Å²) < 4.78 is 22.4. The van der Waals surface area contributed by atoms with E-state index in [1.165, 1.54) is 0 Å². The van der Waals surface area contributed by atoms with E-state index in [0.29, 0.717) is 11.8 Å². The van der Waals surface area contributed by atoms with Crippen molar-refractivity contribution in [3.8, 4) is 0 Å². The second kappa shape index (κ2) is 3.45. The molecule has 0 aliphatic carbocycles. The Labute approximate surface area is 83.5 Å². The maximum absolute atomic E-state index is 5.70. The molecule has 4 fully saturated rings. The van der Waals surface area contributed by atoms with Crippen LogP contribution in [0.1, 0.15) is 12.8 Å². The van der Waals surface area contributed by atoms with Gasteiger partial charge in [0.15, 0.2) is 0 Å². The van der Waals surface area contributed by atoms with Crippen LogP contribution in [0.3, 0.4) is 0 Å². The molecular formula is C10H16O4. The molecule has 4 nitrogen and oxygen atoms in total. The quantitative estimate of drug-likeness (QED) is 0.626. The fourth-order valence-electron chi connectivity index (χ4n) is 2.38. The normalized spacial score (nSPS) is 44.1. The molecule has 0 unspecified atom stereocenters. The summed E-state index contributed by atoms with van der Waals surface area (Å²) >= 11 is 0. The molecule has 0 atom stereocenters. The van der Waals surface area contributed by atoms with Gasteiger partial charge >= 0.3 is 0 Å². The molecule has 0 saturated carbocycles. The molecule has 0 aromatic carbocycles. The second-order valence-electron chi connectivity index (χ2n) is 4.29. The lowest BCUT2D eigenvalue weighted by Crippen LogP contribution is -2.58. The Morgan fingerprint density at radius 3 is 2.00 bits per heavy atom. The molecule has 0 amide bonds. The number of rotatable bonds is 1. The summed E-state index contributed by atoms with van der Waals surface area (Å²) in [5.74, 6) is 0.0626. The summed E-state index contributed by atoms with van der Waals surface area (Å²) in [4.78, 5) is 0. The molecule has 4 saturated heterocycles. The molecule has 4 heterocycles. The minimum absolute atomic E-state index is 0.345. The van der Waals surface area contributed by atoms with Gasteiger partial charge < -0.3 is 18.9 Å². The predicted octanol–water partition coefficient (Wildman–Crippen LogP) is 0.760. The molecule has 2 bridgehead atoms. The van der Waals surface area contributed by atoms with E-state index in [-0.39, 0.29) is 0 Å². The van der Waals surface area contributed by atoms with Crippen LogP contribution in [0.5, 0.6) is 0 Å². The highest BCUT2D eigenvalue weighted by Gasteiger charge is 2.50. The zero-order valence-corrected chi connectivity index (χ0v) is 8.24. The molecule has 0 aromatic heterocycles. The van der Waals surface area contributed by atoms with E-state index >= 15 is 0 Å². The van der Waals surface area contributed by atoms with Gasteiger partial charge in [0.05, 0.1) is 19.8 Å². The summed E-state index contributed by atoms with van der Waals surface area (Å²) in [6.45, 7) is 3.96. The summed E-state index contributed by atoms with van der Waals surface area (Å²) in [6, 6.07) is 0. The van der Waals surface area contributed by atoms with Gasteiger partial charge in [0.25, 0.3) is 5.97 Å². The number of ether oxygens (including phenoxy) is 4. The molecule has 0 spiro atoms. The van der Waals surface area contributed by atoms with Crippen LogP contribution in [-0.2, 0) is 18.9 Å². The summed E-state index contributed by atoms with van der Waals surface area (Å²) in [5.41, 5.74) is 0. The minimum Gasteiger partial charge on any atom is -0.381 e. The highest BCUT2D eigenvalue weighted by atomic mass is 16.9. The first-order valence-corrected chi connectivity index (χ1v) is 5.39. The average molecular weight is 200 g/mol. The maximum Gasteiger partial charge on any atom is 0.286 e. The Morgan fingerprint density at radius 1 is 0.857 bits per heavy atom. The highest BCUT2D eigenvalue weighted by molar-refractivity contribution is 4.82. The Hall–Kier alpha value is -0.160. The molecule has 4 rings (SSSR count). The van der Waals surface area contributed by atoms with Gasteiger partial charge in [-0.15, -0.1) is 0 Å². The predicted molar refractivity (Wildman–Crippen MR) is 47.6 cm³/mol. The van der Waals surface area contributed by atoms with Gasteiger partial charge in [-0.25, -0.2) is 0 Å². The van der Waals surface area contributed by atoms with E-state index in [1.54, 1.807) is 0 Å². The Kier molecular flexibility index (Phi) is 2.24. The lowest BCUT2D eigenvalue weighted by molar-refractivity contribution is -0.471. The van der Waals surface area contributed by atoms with Crippen LogP contribution in [0, 0.1) is 11.8 Å². The fourth-order valence-corrected chi connectivity index (χ4v) is 2.38. The number of hydrogen-bond acceptors (Lipinski definition) is 4. The zero-order chi connectivity index (χ0) is 9.43. The van der Waals surface area contributed by atoms with E-state index in [2.05, 4.69) is 0 Å². The molecule has 4 aliphatic heterocycles. The van der Waals surface area contributed by atoms with Gasteiger partial charge in [-0.1, -0.05) is 0 Å². The Bertz CT molecular complexity index is 190. The minimum atomic E-state index is -0.724. The fraction of sp³-hybridized carbons (Fsp3) is 1.00. The second-order valence-corrected chi connectivity index (χ2v) is 4.29. The first kappa shape index (κ1) is 9.09. The van der Waals surface area contributed by atoms with Crippen LogP contribution in [-0.4, -0.2) is 39.0 Å². The molecule has 4 heteroatoms. The van der Waals surface area contributed by atoms with Gasteiger partial charge in [0.1, 0.15) is 0 Å². The molecule has 0 aromatic rings. The van der Waals surface area contributed by atoms with E-state index in [1.807, 2.05) is 0 Å². The first-order valence-electron chi connectivity index (χ1n) is 5.39. The number of hydrogen-bond donors (Lipinski definition) is 0. The third-order valence-electron chi connectivity index (χ3n) is 3.28. The Morgan fingerprint density at radius 2 is 1.43 bits per heavy atom. The molecule has 4 aliphatic rings. The summed E-state index contributed by atoms with van der Waals surface area (Å²) in [5, 5.41) is 0. The smallest absolute Gasteiger partial charge is 0.286 e. The van der Waals surface area contributed by atoms with Crippen LogP contribution in [0.25, 0.3) is 0 Å². The van der Waals surface area contributed by atoms with Gasteiger partial charge in [0, 0.05) is 25.0 Å². The standard InChI is InChI=1S/C10H16O4/c1-3-11-4-2-9(1)10-12-5-8(6-13-10)7-14-10/h8-9H,1-7H2. The molecule has 80 valence electrons. The van der Waals surface area contributed by atoms with Crippen molar-refractivity contribution in [2.24, 2.45) is 11.8 Å². The van der Waals surface area contributed by atoms with Crippen LogP contribution in [0.4, 0.5) is 0 Å². The molecule has 0 N–H and O–H groups in total.